The lowest BCUT2D eigenvalue weighted by molar-refractivity contribution is 0.444. The summed E-state index contributed by atoms with van der Waals surface area (Å²) in [6.45, 7) is 7.35. The van der Waals surface area contributed by atoms with Crippen molar-refractivity contribution in [1.82, 2.24) is 4.98 Å². The zero-order chi connectivity index (χ0) is 11.8. The van der Waals surface area contributed by atoms with E-state index < -0.39 is 0 Å². The second-order valence-corrected chi connectivity index (χ2v) is 6.58. The van der Waals surface area contributed by atoms with Gasteiger partial charge in [-0.15, -0.1) is 11.3 Å². The van der Waals surface area contributed by atoms with E-state index in [1.54, 1.807) is 0 Å². The molecule has 0 saturated carbocycles. The molecule has 1 atom stereocenters. The fraction of sp³-hybridized carbons (Fsp3) is 0.769. The highest BCUT2D eigenvalue weighted by atomic mass is 32.1. The molecule has 1 aromatic heterocycles. The van der Waals surface area contributed by atoms with Gasteiger partial charge in [-0.2, -0.15) is 0 Å². The Morgan fingerprint density at radius 1 is 1.50 bits per heavy atom. The minimum atomic E-state index is 0.0454. The van der Waals surface area contributed by atoms with Gasteiger partial charge in [0.05, 0.1) is 10.7 Å². The standard InChI is InChI=1S/C13H22N2S/c1-4-9-5-6-10-11(7-9)16-12(15-10)13(2,3)8-14/h9H,4-8,14H2,1-3H3. The minimum absolute atomic E-state index is 0.0454. The topological polar surface area (TPSA) is 38.9 Å². The maximum absolute atomic E-state index is 5.82. The van der Waals surface area contributed by atoms with Crippen LogP contribution < -0.4 is 5.73 Å². The molecule has 0 amide bonds. The summed E-state index contributed by atoms with van der Waals surface area (Å²) in [5.74, 6) is 0.877. The highest BCUT2D eigenvalue weighted by Gasteiger charge is 2.27. The molecule has 1 aliphatic rings. The first kappa shape index (κ1) is 12.1. The molecule has 2 rings (SSSR count). The quantitative estimate of drug-likeness (QED) is 0.879. The molecular weight excluding hydrogens is 216 g/mol. The Hall–Kier alpha value is -0.410. The van der Waals surface area contributed by atoms with Gasteiger partial charge in [0.2, 0.25) is 0 Å². The lowest BCUT2D eigenvalue weighted by Crippen LogP contribution is -2.27. The summed E-state index contributed by atoms with van der Waals surface area (Å²) in [6.07, 6.45) is 5.03. The zero-order valence-electron chi connectivity index (χ0n) is 10.5. The van der Waals surface area contributed by atoms with E-state index in [1.165, 1.54) is 41.3 Å². The van der Waals surface area contributed by atoms with Crippen molar-refractivity contribution in [2.45, 2.75) is 51.9 Å². The molecule has 0 aromatic carbocycles. The zero-order valence-corrected chi connectivity index (χ0v) is 11.4. The fourth-order valence-electron chi connectivity index (χ4n) is 2.17. The van der Waals surface area contributed by atoms with Gasteiger partial charge in [0.25, 0.3) is 0 Å². The average Bonchev–Trinajstić information content (AvgIpc) is 2.72. The highest BCUT2D eigenvalue weighted by molar-refractivity contribution is 7.11. The van der Waals surface area contributed by atoms with Crippen LogP contribution in [0.2, 0.25) is 0 Å². The van der Waals surface area contributed by atoms with Gasteiger partial charge in [0.1, 0.15) is 0 Å². The van der Waals surface area contributed by atoms with Crippen molar-refractivity contribution < 1.29 is 0 Å². The molecule has 90 valence electrons. The summed E-state index contributed by atoms with van der Waals surface area (Å²) in [5.41, 5.74) is 7.21. The monoisotopic (exact) mass is 238 g/mol. The smallest absolute Gasteiger partial charge is 0.1000 e. The number of fused-ring (bicyclic) bond motifs is 1. The van der Waals surface area contributed by atoms with E-state index in [9.17, 15) is 0 Å². The normalized spacial score (nSPS) is 20.9. The Kier molecular flexibility index (Phi) is 3.36. The lowest BCUT2D eigenvalue weighted by atomic mass is 9.89. The number of hydrogen-bond acceptors (Lipinski definition) is 3. The van der Waals surface area contributed by atoms with Gasteiger partial charge in [0.15, 0.2) is 0 Å². The van der Waals surface area contributed by atoms with E-state index in [4.69, 9.17) is 10.7 Å². The molecule has 3 heteroatoms. The van der Waals surface area contributed by atoms with Crippen molar-refractivity contribution in [1.29, 1.82) is 0 Å². The molecule has 0 saturated heterocycles. The molecule has 1 aliphatic carbocycles. The fourth-order valence-corrected chi connectivity index (χ4v) is 3.50. The predicted molar refractivity (Wildman–Crippen MR) is 70.0 cm³/mol. The van der Waals surface area contributed by atoms with E-state index in [1.807, 2.05) is 11.3 Å². The Labute approximate surface area is 102 Å². The first-order valence-electron chi connectivity index (χ1n) is 6.26. The molecule has 1 aromatic rings. The van der Waals surface area contributed by atoms with E-state index >= 15 is 0 Å². The van der Waals surface area contributed by atoms with Crippen LogP contribution >= 0.6 is 11.3 Å². The SMILES string of the molecule is CCC1CCc2nc(C(C)(C)CN)sc2C1. The van der Waals surface area contributed by atoms with Crippen LogP contribution in [0.25, 0.3) is 0 Å². The third kappa shape index (κ3) is 2.16. The predicted octanol–water partition coefficient (Wildman–Crippen LogP) is 2.89. The first-order chi connectivity index (χ1) is 7.56. The Bertz CT molecular complexity index is 368. The van der Waals surface area contributed by atoms with Gasteiger partial charge in [-0.05, 0) is 25.2 Å². The number of nitrogens with zero attached hydrogens (tertiary/aromatic N) is 1. The molecule has 2 N–H and O–H groups in total. The second kappa shape index (κ2) is 4.46. The average molecular weight is 238 g/mol. The summed E-state index contributed by atoms with van der Waals surface area (Å²) in [4.78, 5) is 6.32. The summed E-state index contributed by atoms with van der Waals surface area (Å²) in [7, 11) is 0. The van der Waals surface area contributed by atoms with Gasteiger partial charge in [-0.1, -0.05) is 27.2 Å². The summed E-state index contributed by atoms with van der Waals surface area (Å²) >= 11 is 1.89. The molecule has 1 heterocycles. The van der Waals surface area contributed by atoms with Crippen LogP contribution in [0, 0.1) is 5.92 Å². The summed E-state index contributed by atoms with van der Waals surface area (Å²) < 4.78 is 0. The first-order valence-corrected chi connectivity index (χ1v) is 7.07. The Balaban J connectivity index is 2.25. The second-order valence-electron chi connectivity index (χ2n) is 5.49. The van der Waals surface area contributed by atoms with Crippen LogP contribution in [0.5, 0.6) is 0 Å². The summed E-state index contributed by atoms with van der Waals surface area (Å²) in [5, 5.41) is 1.23. The molecule has 16 heavy (non-hydrogen) atoms. The number of aromatic nitrogens is 1. The van der Waals surface area contributed by atoms with Crippen LogP contribution in [-0.2, 0) is 18.3 Å². The van der Waals surface area contributed by atoms with Crippen molar-refractivity contribution in [2.24, 2.45) is 11.7 Å². The molecule has 1 unspecified atom stereocenters. The number of aryl methyl sites for hydroxylation is 1. The van der Waals surface area contributed by atoms with Crippen molar-refractivity contribution in [3.05, 3.63) is 15.6 Å². The number of nitrogens with two attached hydrogens (primary N) is 1. The van der Waals surface area contributed by atoms with Crippen LogP contribution in [0.4, 0.5) is 0 Å². The van der Waals surface area contributed by atoms with E-state index in [-0.39, 0.29) is 5.41 Å². The summed E-state index contributed by atoms with van der Waals surface area (Å²) in [6, 6.07) is 0. The number of hydrogen-bond donors (Lipinski definition) is 1. The third-order valence-corrected chi connectivity index (χ3v) is 5.19. The van der Waals surface area contributed by atoms with E-state index in [0.717, 1.165) is 5.92 Å². The van der Waals surface area contributed by atoms with Crippen molar-refractivity contribution >= 4 is 11.3 Å². The molecule has 0 fully saturated rings. The van der Waals surface area contributed by atoms with Crippen LogP contribution in [0.1, 0.15) is 49.2 Å². The number of rotatable bonds is 3. The lowest BCUT2D eigenvalue weighted by Gasteiger charge is -2.18. The van der Waals surface area contributed by atoms with Gasteiger partial charge in [0, 0.05) is 16.8 Å². The van der Waals surface area contributed by atoms with Crippen LogP contribution in [-0.4, -0.2) is 11.5 Å². The van der Waals surface area contributed by atoms with Crippen molar-refractivity contribution in [3.8, 4) is 0 Å². The molecule has 0 bridgehead atoms. The van der Waals surface area contributed by atoms with Crippen molar-refractivity contribution in [3.63, 3.8) is 0 Å². The van der Waals surface area contributed by atoms with Crippen molar-refractivity contribution in [2.75, 3.05) is 6.54 Å². The minimum Gasteiger partial charge on any atom is -0.330 e. The highest BCUT2D eigenvalue weighted by Crippen LogP contribution is 2.35. The van der Waals surface area contributed by atoms with Crippen LogP contribution in [0.3, 0.4) is 0 Å². The Morgan fingerprint density at radius 3 is 2.88 bits per heavy atom. The molecule has 0 radical (unpaired) electrons. The molecule has 0 spiro atoms. The van der Waals surface area contributed by atoms with Gasteiger partial charge >= 0.3 is 0 Å². The Morgan fingerprint density at radius 2 is 2.25 bits per heavy atom. The van der Waals surface area contributed by atoms with Gasteiger partial charge in [-0.3, -0.25) is 0 Å². The van der Waals surface area contributed by atoms with Gasteiger partial charge < -0.3 is 5.73 Å². The molecular formula is C13H22N2S. The maximum atomic E-state index is 5.82. The molecule has 2 nitrogen and oxygen atoms in total. The van der Waals surface area contributed by atoms with E-state index in [2.05, 4.69) is 20.8 Å². The van der Waals surface area contributed by atoms with E-state index in [0.29, 0.717) is 6.54 Å². The third-order valence-electron chi connectivity index (χ3n) is 3.71. The maximum Gasteiger partial charge on any atom is 0.1000 e. The number of thiazole rings is 1. The van der Waals surface area contributed by atoms with Gasteiger partial charge in [-0.25, -0.2) is 4.98 Å². The van der Waals surface area contributed by atoms with Crippen LogP contribution in [0.15, 0.2) is 0 Å². The largest absolute Gasteiger partial charge is 0.330 e. The molecule has 0 aliphatic heterocycles.